The molecule has 0 spiro atoms. The van der Waals surface area contributed by atoms with Crippen LogP contribution in [0.3, 0.4) is 0 Å². The van der Waals surface area contributed by atoms with Crippen molar-refractivity contribution in [2.45, 2.75) is 13.0 Å². The van der Waals surface area contributed by atoms with E-state index in [-0.39, 0.29) is 18.1 Å². The highest BCUT2D eigenvalue weighted by atomic mass is 16.6. The highest BCUT2D eigenvalue weighted by Gasteiger charge is 2.25. The number of ether oxygens (including phenoxy) is 2. The molecule has 112 valence electrons. The molecule has 0 unspecified atom stereocenters. The third-order valence-electron chi connectivity index (χ3n) is 3.72. The zero-order valence-corrected chi connectivity index (χ0v) is 11.9. The second-order valence-electron chi connectivity index (χ2n) is 5.25. The first kappa shape index (κ1) is 13.9. The Balaban J connectivity index is 1.71. The van der Waals surface area contributed by atoms with Crippen LogP contribution in [0.25, 0.3) is 0 Å². The van der Waals surface area contributed by atoms with Crippen LogP contribution in [0, 0.1) is 0 Å². The van der Waals surface area contributed by atoms with Crippen LogP contribution in [-0.4, -0.2) is 55.9 Å². The first-order chi connectivity index (χ1) is 10.1. The highest BCUT2D eigenvalue weighted by Crippen LogP contribution is 2.20. The van der Waals surface area contributed by atoms with Crippen LogP contribution in [0.4, 0.5) is 10.5 Å². The molecule has 21 heavy (non-hydrogen) atoms. The lowest BCUT2D eigenvalue weighted by Crippen LogP contribution is -2.44. The molecule has 6 heteroatoms. The number of carbonyl (C=O) groups is 2. The van der Waals surface area contributed by atoms with Gasteiger partial charge in [0.25, 0.3) is 5.91 Å². The Bertz CT molecular complexity index is 543. The van der Waals surface area contributed by atoms with Crippen molar-refractivity contribution in [3.63, 3.8) is 0 Å². The average Bonchev–Trinajstić information content (AvgIpc) is 2.93. The third kappa shape index (κ3) is 2.85. The third-order valence-corrected chi connectivity index (χ3v) is 3.72. The summed E-state index contributed by atoms with van der Waals surface area (Å²) in [5.74, 6) is 0.000647. The summed E-state index contributed by atoms with van der Waals surface area (Å²) in [7, 11) is 0. The number of cyclic esters (lactones) is 1. The van der Waals surface area contributed by atoms with Crippen LogP contribution in [0.2, 0.25) is 0 Å². The monoisotopic (exact) mass is 290 g/mol. The lowest BCUT2D eigenvalue weighted by molar-refractivity contribution is -0.0124. The Labute approximate surface area is 123 Å². The van der Waals surface area contributed by atoms with Crippen LogP contribution in [0.5, 0.6) is 0 Å². The molecule has 3 rings (SSSR count). The van der Waals surface area contributed by atoms with E-state index in [1.807, 2.05) is 6.92 Å². The van der Waals surface area contributed by atoms with Crippen LogP contribution in [0.15, 0.2) is 24.3 Å². The summed E-state index contributed by atoms with van der Waals surface area (Å²) < 4.78 is 10.3. The fourth-order valence-corrected chi connectivity index (χ4v) is 2.60. The van der Waals surface area contributed by atoms with Gasteiger partial charge in [0.1, 0.15) is 6.61 Å². The van der Waals surface area contributed by atoms with Crippen molar-refractivity contribution < 1.29 is 19.1 Å². The largest absolute Gasteiger partial charge is 0.447 e. The maximum Gasteiger partial charge on any atom is 0.414 e. The summed E-state index contributed by atoms with van der Waals surface area (Å²) in [4.78, 5) is 27.3. The smallest absolute Gasteiger partial charge is 0.414 e. The van der Waals surface area contributed by atoms with E-state index in [9.17, 15) is 9.59 Å². The molecule has 0 bridgehead atoms. The molecule has 2 aliphatic heterocycles. The number of carbonyl (C=O) groups excluding carboxylic acids is 2. The Hall–Kier alpha value is -2.08. The molecule has 0 saturated carbocycles. The zero-order valence-electron chi connectivity index (χ0n) is 11.9. The summed E-state index contributed by atoms with van der Waals surface area (Å²) in [5, 5.41) is 0. The lowest BCUT2D eigenvalue weighted by Gasteiger charge is -2.31. The number of hydrogen-bond acceptors (Lipinski definition) is 4. The van der Waals surface area contributed by atoms with E-state index in [1.54, 1.807) is 34.1 Å². The number of rotatable bonds is 2. The van der Waals surface area contributed by atoms with Gasteiger partial charge in [0, 0.05) is 24.3 Å². The van der Waals surface area contributed by atoms with Gasteiger partial charge >= 0.3 is 6.09 Å². The Morgan fingerprint density at radius 2 is 1.95 bits per heavy atom. The molecule has 1 atom stereocenters. The van der Waals surface area contributed by atoms with Gasteiger partial charge in [-0.3, -0.25) is 9.69 Å². The summed E-state index contributed by atoms with van der Waals surface area (Å²) in [5.41, 5.74) is 1.38. The number of morpholine rings is 1. The average molecular weight is 290 g/mol. The normalized spacial score (nSPS) is 22.3. The van der Waals surface area contributed by atoms with Crippen molar-refractivity contribution in [1.82, 2.24) is 4.90 Å². The van der Waals surface area contributed by atoms with Crippen molar-refractivity contribution in [3.05, 3.63) is 29.8 Å². The molecule has 0 aliphatic carbocycles. The Kier molecular flexibility index (Phi) is 3.79. The minimum atomic E-state index is -0.337. The summed E-state index contributed by atoms with van der Waals surface area (Å²) in [6.45, 7) is 4.72. The van der Waals surface area contributed by atoms with E-state index in [0.29, 0.717) is 38.4 Å². The van der Waals surface area contributed by atoms with Gasteiger partial charge in [-0.2, -0.15) is 0 Å². The topological polar surface area (TPSA) is 59.1 Å². The van der Waals surface area contributed by atoms with E-state index in [0.717, 1.165) is 5.69 Å². The van der Waals surface area contributed by atoms with Crippen molar-refractivity contribution >= 4 is 17.7 Å². The van der Waals surface area contributed by atoms with E-state index in [1.165, 1.54) is 0 Å². The first-order valence-corrected chi connectivity index (χ1v) is 7.10. The summed E-state index contributed by atoms with van der Waals surface area (Å²) in [6.07, 6.45) is -0.266. The van der Waals surface area contributed by atoms with Crippen LogP contribution >= 0.6 is 0 Å². The standard InChI is InChI=1S/C15H18N2O4/c1-11-10-16(6-8-20-11)14(18)12-2-4-13(5-3-12)17-7-9-21-15(17)19/h2-5,11H,6-10H2,1H3/t11-/m1/s1. The number of anilines is 1. The number of amides is 2. The fourth-order valence-electron chi connectivity index (χ4n) is 2.60. The zero-order chi connectivity index (χ0) is 14.8. The maximum absolute atomic E-state index is 12.4. The predicted octanol–water partition coefficient (Wildman–Crippen LogP) is 1.50. The predicted molar refractivity (Wildman–Crippen MR) is 76.5 cm³/mol. The fraction of sp³-hybridized carbons (Fsp3) is 0.467. The van der Waals surface area contributed by atoms with E-state index < -0.39 is 0 Å². The van der Waals surface area contributed by atoms with Crippen molar-refractivity contribution in [2.24, 2.45) is 0 Å². The SMILES string of the molecule is C[C@@H]1CN(C(=O)c2ccc(N3CCOC3=O)cc2)CCO1. The molecule has 1 aromatic rings. The Morgan fingerprint density at radius 3 is 2.57 bits per heavy atom. The van der Waals surface area contributed by atoms with Gasteiger partial charge in [0.05, 0.1) is 19.3 Å². The quantitative estimate of drug-likeness (QED) is 0.828. The summed E-state index contributed by atoms with van der Waals surface area (Å²) >= 11 is 0. The second-order valence-corrected chi connectivity index (χ2v) is 5.25. The second kappa shape index (κ2) is 5.73. The highest BCUT2D eigenvalue weighted by molar-refractivity contribution is 5.95. The number of benzene rings is 1. The number of hydrogen-bond donors (Lipinski definition) is 0. The lowest BCUT2D eigenvalue weighted by atomic mass is 10.1. The minimum Gasteiger partial charge on any atom is -0.447 e. The molecular formula is C15H18N2O4. The molecule has 1 aromatic carbocycles. The Morgan fingerprint density at radius 1 is 1.19 bits per heavy atom. The van der Waals surface area contributed by atoms with Crippen molar-refractivity contribution in [3.8, 4) is 0 Å². The molecule has 2 aliphatic rings. The molecule has 2 fully saturated rings. The van der Waals surface area contributed by atoms with Gasteiger partial charge < -0.3 is 14.4 Å². The van der Waals surface area contributed by atoms with Gasteiger partial charge in [0.2, 0.25) is 0 Å². The molecule has 6 nitrogen and oxygen atoms in total. The van der Waals surface area contributed by atoms with Crippen molar-refractivity contribution in [1.29, 1.82) is 0 Å². The maximum atomic E-state index is 12.4. The van der Waals surface area contributed by atoms with E-state index in [2.05, 4.69) is 0 Å². The van der Waals surface area contributed by atoms with Gasteiger partial charge in [-0.1, -0.05) is 0 Å². The number of nitrogens with zero attached hydrogens (tertiary/aromatic N) is 2. The molecule has 0 N–H and O–H groups in total. The van der Waals surface area contributed by atoms with Gasteiger partial charge in [0.15, 0.2) is 0 Å². The molecule has 0 radical (unpaired) electrons. The van der Waals surface area contributed by atoms with Gasteiger partial charge in [-0.25, -0.2) is 4.79 Å². The van der Waals surface area contributed by atoms with Gasteiger partial charge in [-0.15, -0.1) is 0 Å². The molecule has 2 amide bonds. The minimum absolute atomic E-state index is 0.000647. The van der Waals surface area contributed by atoms with Crippen molar-refractivity contribution in [2.75, 3.05) is 37.7 Å². The van der Waals surface area contributed by atoms with Crippen LogP contribution in [0.1, 0.15) is 17.3 Å². The van der Waals surface area contributed by atoms with E-state index >= 15 is 0 Å². The summed E-state index contributed by atoms with van der Waals surface area (Å²) in [6, 6.07) is 7.07. The van der Waals surface area contributed by atoms with Crippen LogP contribution in [-0.2, 0) is 9.47 Å². The van der Waals surface area contributed by atoms with Gasteiger partial charge in [-0.05, 0) is 31.2 Å². The molecule has 0 aromatic heterocycles. The van der Waals surface area contributed by atoms with E-state index in [4.69, 9.17) is 9.47 Å². The molecule has 2 saturated heterocycles. The molecular weight excluding hydrogens is 272 g/mol. The molecule has 2 heterocycles. The van der Waals surface area contributed by atoms with Crippen LogP contribution < -0.4 is 4.90 Å². The first-order valence-electron chi connectivity index (χ1n) is 7.10.